The highest BCUT2D eigenvalue weighted by Crippen LogP contribution is 2.15. The van der Waals surface area contributed by atoms with Crippen molar-refractivity contribution in [3.63, 3.8) is 0 Å². The van der Waals surface area contributed by atoms with Crippen LogP contribution in [0.3, 0.4) is 0 Å². The molecule has 0 aliphatic heterocycles. The largest absolute Gasteiger partial charge is 0.465 e. The van der Waals surface area contributed by atoms with Crippen LogP contribution in [0.5, 0.6) is 0 Å². The molecule has 0 aromatic heterocycles. The third-order valence-corrected chi connectivity index (χ3v) is 2.61. The molecular formula is C14H21FN2O2. The Hall–Kier alpha value is -1.46. The molecule has 0 aliphatic carbocycles. The Morgan fingerprint density at radius 3 is 2.79 bits per heavy atom. The number of benzene rings is 1. The van der Waals surface area contributed by atoms with Crippen LogP contribution in [-0.4, -0.2) is 44.7 Å². The van der Waals surface area contributed by atoms with E-state index in [0.29, 0.717) is 18.7 Å². The molecule has 19 heavy (non-hydrogen) atoms. The third-order valence-electron chi connectivity index (χ3n) is 2.61. The van der Waals surface area contributed by atoms with E-state index in [1.165, 1.54) is 12.1 Å². The molecule has 106 valence electrons. The van der Waals surface area contributed by atoms with Gasteiger partial charge in [-0.1, -0.05) is 12.1 Å². The van der Waals surface area contributed by atoms with Gasteiger partial charge < -0.3 is 9.64 Å². The highest BCUT2D eigenvalue weighted by molar-refractivity contribution is 5.77. The van der Waals surface area contributed by atoms with E-state index in [2.05, 4.69) is 5.32 Å². The van der Waals surface area contributed by atoms with E-state index in [-0.39, 0.29) is 11.8 Å². The number of halogens is 1. The molecule has 0 aliphatic rings. The van der Waals surface area contributed by atoms with Crippen molar-refractivity contribution in [3.05, 3.63) is 35.6 Å². The van der Waals surface area contributed by atoms with E-state index < -0.39 is 6.04 Å². The average Bonchev–Trinajstić information content (AvgIpc) is 2.34. The third kappa shape index (κ3) is 5.36. The molecular weight excluding hydrogens is 247 g/mol. The first-order chi connectivity index (χ1) is 9.04. The fourth-order valence-corrected chi connectivity index (χ4v) is 1.68. The number of carbonyl (C=O) groups excluding carboxylic acids is 1. The van der Waals surface area contributed by atoms with E-state index in [9.17, 15) is 9.18 Å². The van der Waals surface area contributed by atoms with Crippen molar-refractivity contribution in [2.45, 2.75) is 13.0 Å². The van der Waals surface area contributed by atoms with Gasteiger partial charge in [0.2, 0.25) is 0 Å². The van der Waals surface area contributed by atoms with Crippen LogP contribution < -0.4 is 5.32 Å². The van der Waals surface area contributed by atoms with Gasteiger partial charge in [-0.05, 0) is 38.7 Å². The Balaban J connectivity index is 2.77. The number of carbonyl (C=O) groups is 1. The average molecular weight is 268 g/mol. The van der Waals surface area contributed by atoms with Gasteiger partial charge in [-0.2, -0.15) is 0 Å². The molecule has 5 heteroatoms. The molecule has 0 spiro atoms. The maximum Gasteiger partial charge on any atom is 0.327 e. The fraction of sp³-hybridized carbons (Fsp3) is 0.500. The summed E-state index contributed by atoms with van der Waals surface area (Å²) in [4.78, 5) is 13.9. The Bertz CT molecular complexity index is 410. The second-order valence-corrected chi connectivity index (χ2v) is 4.50. The number of hydrogen-bond acceptors (Lipinski definition) is 4. The Morgan fingerprint density at radius 2 is 2.21 bits per heavy atom. The van der Waals surface area contributed by atoms with Crippen LogP contribution in [0.4, 0.5) is 4.39 Å². The fourth-order valence-electron chi connectivity index (χ4n) is 1.68. The van der Waals surface area contributed by atoms with Crippen molar-refractivity contribution in [3.8, 4) is 0 Å². The second kappa shape index (κ2) is 7.86. The summed E-state index contributed by atoms with van der Waals surface area (Å²) in [5.41, 5.74) is 0.581. The Morgan fingerprint density at radius 1 is 1.47 bits per heavy atom. The van der Waals surface area contributed by atoms with E-state index in [4.69, 9.17) is 4.74 Å². The van der Waals surface area contributed by atoms with Gasteiger partial charge in [0.15, 0.2) is 0 Å². The minimum Gasteiger partial charge on any atom is -0.465 e. The van der Waals surface area contributed by atoms with Crippen molar-refractivity contribution in [2.24, 2.45) is 0 Å². The molecule has 4 nitrogen and oxygen atoms in total. The van der Waals surface area contributed by atoms with Gasteiger partial charge in [0.1, 0.15) is 11.9 Å². The van der Waals surface area contributed by atoms with Crippen LogP contribution in [0.1, 0.15) is 18.5 Å². The maximum absolute atomic E-state index is 13.2. The normalized spacial score (nSPS) is 12.5. The van der Waals surface area contributed by atoms with E-state index in [1.54, 1.807) is 19.1 Å². The highest BCUT2D eigenvalue weighted by atomic mass is 19.1. The van der Waals surface area contributed by atoms with Crippen LogP contribution in [0, 0.1) is 5.82 Å². The number of nitrogens with one attached hydrogen (secondary N) is 1. The topological polar surface area (TPSA) is 41.6 Å². The van der Waals surface area contributed by atoms with Crippen LogP contribution in [-0.2, 0) is 9.53 Å². The minimum absolute atomic E-state index is 0.306. The van der Waals surface area contributed by atoms with Crippen molar-refractivity contribution in [1.29, 1.82) is 0 Å². The summed E-state index contributed by atoms with van der Waals surface area (Å²) >= 11 is 0. The van der Waals surface area contributed by atoms with E-state index in [0.717, 1.165) is 6.54 Å². The number of hydrogen-bond donors (Lipinski definition) is 1. The zero-order chi connectivity index (χ0) is 14.3. The van der Waals surface area contributed by atoms with Crippen molar-refractivity contribution in [1.82, 2.24) is 10.2 Å². The number of esters is 1. The summed E-state index contributed by atoms with van der Waals surface area (Å²) in [6.45, 7) is 3.46. The molecule has 0 heterocycles. The summed E-state index contributed by atoms with van der Waals surface area (Å²) in [5.74, 6) is -0.743. The van der Waals surface area contributed by atoms with Gasteiger partial charge in [0.05, 0.1) is 6.61 Å². The number of ether oxygens (including phenoxy) is 1. The van der Waals surface area contributed by atoms with Gasteiger partial charge in [-0.25, -0.2) is 9.18 Å². The Kier molecular flexibility index (Phi) is 6.45. The lowest BCUT2D eigenvalue weighted by atomic mass is 10.1. The molecule has 1 unspecified atom stereocenters. The van der Waals surface area contributed by atoms with Crippen molar-refractivity contribution < 1.29 is 13.9 Å². The highest BCUT2D eigenvalue weighted by Gasteiger charge is 2.21. The van der Waals surface area contributed by atoms with Crippen molar-refractivity contribution >= 4 is 5.97 Å². The van der Waals surface area contributed by atoms with Crippen LogP contribution >= 0.6 is 0 Å². The lowest BCUT2D eigenvalue weighted by Gasteiger charge is -2.19. The molecule has 0 saturated carbocycles. The number of nitrogens with zero attached hydrogens (tertiary/aromatic N) is 1. The summed E-state index contributed by atoms with van der Waals surface area (Å²) in [6, 6.07) is 5.38. The summed E-state index contributed by atoms with van der Waals surface area (Å²) in [5, 5.41) is 3.10. The first kappa shape index (κ1) is 15.6. The minimum atomic E-state index is -0.629. The molecule has 1 atom stereocenters. The molecule has 0 saturated heterocycles. The van der Waals surface area contributed by atoms with Gasteiger partial charge >= 0.3 is 5.97 Å². The van der Waals surface area contributed by atoms with Crippen LogP contribution in [0.2, 0.25) is 0 Å². The Labute approximate surface area is 113 Å². The zero-order valence-electron chi connectivity index (χ0n) is 11.6. The van der Waals surface area contributed by atoms with Gasteiger partial charge in [0.25, 0.3) is 0 Å². The maximum atomic E-state index is 13.2. The van der Waals surface area contributed by atoms with Crippen LogP contribution in [0.15, 0.2) is 24.3 Å². The second-order valence-electron chi connectivity index (χ2n) is 4.50. The molecule has 0 fully saturated rings. The standard InChI is InChI=1S/C14H21FN2O2/c1-4-19-14(18)13(16-8-9-17(2)3)11-6-5-7-12(15)10-11/h5-7,10,13,16H,4,8-9H2,1-3H3. The summed E-state index contributed by atoms with van der Waals surface area (Å²) in [6.07, 6.45) is 0. The van der Waals surface area contributed by atoms with Gasteiger partial charge in [-0.3, -0.25) is 5.32 Å². The van der Waals surface area contributed by atoms with Crippen LogP contribution in [0.25, 0.3) is 0 Å². The zero-order valence-corrected chi connectivity index (χ0v) is 11.6. The first-order valence-corrected chi connectivity index (χ1v) is 6.34. The van der Waals surface area contributed by atoms with Gasteiger partial charge in [0, 0.05) is 13.1 Å². The monoisotopic (exact) mass is 268 g/mol. The lowest BCUT2D eigenvalue weighted by Crippen LogP contribution is -2.35. The van der Waals surface area contributed by atoms with E-state index >= 15 is 0 Å². The quantitative estimate of drug-likeness (QED) is 0.762. The molecule has 0 bridgehead atoms. The SMILES string of the molecule is CCOC(=O)C(NCCN(C)C)c1cccc(F)c1. The summed E-state index contributed by atoms with van der Waals surface area (Å²) in [7, 11) is 3.90. The molecule has 0 radical (unpaired) electrons. The predicted molar refractivity (Wildman–Crippen MR) is 72.3 cm³/mol. The molecule has 1 rings (SSSR count). The molecule has 0 amide bonds. The molecule has 1 aromatic carbocycles. The van der Waals surface area contributed by atoms with Gasteiger partial charge in [-0.15, -0.1) is 0 Å². The molecule has 1 aromatic rings. The molecule has 1 N–H and O–H groups in total. The lowest BCUT2D eigenvalue weighted by molar-refractivity contribution is -0.145. The first-order valence-electron chi connectivity index (χ1n) is 6.34. The van der Waals surface area contributed by atoms with Crippen molar-refractivity contribution in [2.75, 3.05) is 33.8 Å². The summed E-state index contributed by atoms with van der Waals surface area (Å²) < 4.78 is 18.3. The number of likely N-dealkylation sites (N-methyl/N-ethyl adjacent to an activating group) is 1. The van der Waals surface area contributed by atoms with E-state index in [1.807, 2.05) is 19.0 Å². The predicted octanol–water partition coefficient (Wildman–Crippen LogP) is 1.58. The smallest absolute Gasteiger partial charge is 0.327 e. The number of rotatable bonds is 7.